The van der Waals surface area contributed by atoms with Crippen LogP contribution < -0.4 is 21.3 Å². The molecule has 4 N–H and O–H groups in total. The molecule has 2 heterocycles. The van der Waals surface area contributed by atoms with E-state index in [0.717, 1.165) is 35.2 Å². The Kier molecular flexibility index (Phi) is 6.66. The van der Waals surface area contributed by atoms with Crippen LogP contribution in [0.25, 0.3) is 0 Å². The molecule has 1 aliphatic heterocycles. The van der Waals surface area contributed by atoms with Gasteiger partial charge in [0.2, 0.25) is 17.8 Å². The second-order valence-corrected chi connectivity index (χ2v) is 8.79. The molecule has 1 aliphatic rings. The van der Waals surface area contributed by atoms with Crippen LogP contribution in [-0.4, -0.2) is 39.2 Å². The van der Waals surface area contributed by atoms with E-state index >= 15 is 0 Å². The highest BCUT2D eigenvalue weighted by atomic mass is 79.9. The van der Waals surface area contributed by atoms with Gasteiger partial charge in [0.25, 0.3) is 0 Å². The first-order chi connectivity index (χ1) is 15.8. The molecule has 1 amide bonds. The van der Waals surface area contributed by atoms with Crippen LogP contribution in [0.1, 0.15) is 23.6 Å². The van der Waals surface area contributed by atoms with E-state index in [1.165, 1.54) is 24.4 Å². The Bertz CT molecular complexity index is 1220. The Morgan fingerprint density at radius 1 is 1.15 bits per heavy atom. The molecule has 2 aromatic carbocycles. The number of nitrogens with zero attached hydrogens (tertiary/aromatic N) is 4. The van der Waals surface area contributed by atoms with Gasteiger partial charge in [-0.1, -0.05) is 28.1 Å². The van der Waals surface area contributed by atoms with Crippen molar-refractivity contribution in [2.24, 2.45) is 5.73 Å². The number of rotatable bonds is 6. The van der Waals surface area contributed by atoms with E-state index in [1.807, 2.05) is 19.1 Å². The molecule has 33 heavy (non-hydrogen) atoms. The fraction of sp³-hybridized carbons (Fsp3) is 0.261. The molecular formula is C23H24BrN7O2. The summed E-state index contributed by atoms with van der Waals surface area (Å²) in [6.45, 7) is 4.67. The van der Waals surface area contributed by atoms with Gasteiger partial charge in [-0.15, -0.1) is 0 Å². The van der Waals surface area contributed by atoms with Gasteiger partial charge in [-0.3, -0.25) is 9.59 Å². The van der Waals surface area contributed by atoms with E-state index in [9.17, 15) is 9.59 Å². The summed E-state index contributed by atoms with van der Waals surface area (Å²) in [7, 11) is 0. The van der Waals surface area contributed by atoms with Crippen LogP contribution >= 0.6 is 15.9 Å². The van der Waals surface area contributed by atoms with Crippen molar-refractivity contribution in [1.82, 2.24) is 15.0 Å². The summed E-state index contributed by atoms with van der Waals surface area (Å²) < 4.78 is 1.08. The first kappa shape index (κ1) is 22.8. The summed E-state index contributed by atoms with van der Waals surface area (Å²) >= 11 is 3.53. The minimum atomic E-state index is -1.21. The zero-order valence-corrected chi connectivity index (χ0v) is 19.9. The molecule has 3 aromatic rings. The predicted molar refractivity (Wildman–Crippen MR) is 130 cm³/mol. The van der Waals surface area contributed by atoms with Crippen LogP contribution in [-0.2, 0) is 22.6 Å². The lowest BCUT2D eigenvalue weighted by Crippen LogP contribution is -2.41. The maximum atomic E-state index is 12.2. The summed E-state index contributed by atoms with van der Waals surface area (Å²) in [5.41, 5.74) is 10.2. The van der Waals surface area contributed by atoms with Gasteiger partial charge in [-0.2, -0.15) is 4.98 Å². The van der Waals surface area contributed by atoms with E-state index in [4.69, 9.17) is 5.73 Å². The molecule has 1 unspecified atom stereocenters. The number of carbonyl (C=O) groups excluding carboxylic acids is 2. The molecule has 4 rings (SSSR count). The minimum absolute atomic E-state index is 0.397. The number of carbonyl (C=O) groups is 2. The zero-order chi connectivity index (χ0) is 23.5. The second-order valence-electron chi connectivity index (χ2n) is 7.87. The Morgan fingerprint density at radius 3 is 2.73 bits per heavy atom. The van der Waals surface area contributed by atoms with Gasteiger partial charge >= 0.3 is 0 Å². The molecule has 0 radical (unpaired) electrons. The van der Waals surface area contributed by atoms with Crippen molar-refractivity contribution >= 4 is 50.9 Å². The van der Waals surface area contributed by atoms with Gasteiger partial charge in [0.05, 0.1) is 0 Å². The lowest BCUT2D eigenvalue weighted by molar-refractivity contribution is -0.126. The van der Waals surface area contributed by atoms with E-state index in [2.05, 4.69) is 58.5 Å². The van der Waals surface area contributed by atoms with Crippen molar-refractivity contribution in [2.75, 3.05) is 22.1 Å². The Hall–Kier alpha value is -3.37. The number of hydrogen-bond acceptors (Lipinski definition) is 8. The smallest absolute Gasteiger partial charge is 0.248 e. The van der Waals surface area contributed by atoms with E-state index < -0.39 is 17.7 Å². The average molecular weight is 510 g/mol. The van der Waals surface area contributed by atoms with Gasteiger partial charge in [0, 0.05) is 28.9 Å². The summed E-state index contributed by atoms with van der Waals surface area (Å²) in [4.78, 5) is 38.9. The topological polar surface area (TPSA) is 126 Å². The number of nitrogens with one attached hydrogen (secondary N) is 2. The molecule has 0 fully saturated rings. The van der Waals surface area contributed by atoms with E-state index in [0.29, 0.717) is 17.6 Å². The third-order valence-electron chi connectivity index (χ3n) is 5.58. The van der Waals surface area contributed by atoms with Crippen molar-refractivity contribution in [3.63, 3.8) is 0 Å². The monoisotopic (exact) mass is 509 g/mol. The molecule has 0 spiro atoms. The molecule has 9 nitrogen and oxygen atoms in total. The number of aromatic nitrogens is 3. The Labute approximate surface area is 200 Å². The maximum Gasteiger partial charge on any atom is 0.248 e. The van der Waals surface area contributed by atoms with Crippen molar-refractivity contribution in [3.05, 3.63) is 63.9 Å². The maximum absolute atomic E-state index is 12.2. The minimum Gasteiger partial charge on any atom is -0.336 e. The molecule has 1 aromatic heterocycles. The van der Waals surface area contributed by atoms with Crippen LogP contribution in [0.4, 0.5) is 23.3 Å². The summed E-state index contributed by atoms with van der Waals surface area (Å²) in [6, 6.07) is 10.5. The third kappa shape index (κ3) is 5.18. The number of fused-ring (bicyclic) bond motifs is 1. The van der Waals surface area contributed by atoms with Gasteiger partial charge in [-0.25, -0.2) is 9.97 Å². The highest BCUT2D eigenvalue weighted by molar-refractivity contribution is 9.10. The Balaban J connectivity index is 1.50. The summed E-state index contributed by atoms with van der Waals surface area (Å²) in [5.74, 6) is 0.0388. The second kappa shape index (κ2) is 9.63. The number of hydrogen-bond donors (Lipinski definition) is 3. The lowest BCUT2D eigenvalue weighted by Gasteiger charge is -2.29. The molecule has 1 atom stereocenters. The molecule has 10 heteroatoms. The van der Waals surface area contributed by atoms with Crippen LogP contribution in [0.2, 0.25) is 0 Å². The molecule has 0 bridgehead atoms. The molecule has 0 aliphatic carbocycles. The third-order valence-corrected chi connectivity index (χ3v) is 6.07. The fourth-order valence-corrected chi connectivity index (χ4v) is 4.02. The van der Waals surface area contributed by atoms with Crippen molar-refractivity contribution in [3.8, 4) is 0 Å². The zero-order valence-electron chi connectivity index (χ0n) is 18.3. The SMILES string of the molecule is CC(=O)C(N)C(=O)Nc1cccc(Nc2ncnc(N3CCc4cc(Br)ccc4C3)n2)c1C. The molecule has 170 valence electrons. The normalized spacial score (nSPS) is 13.8. The molecular weight excluding hydrogens is 486 g/mol. The number of anilines is 4. The first-order valence-corrected chi connectivity index (χ1v) is 11.3. The number of benzene rings is 2. The van der Waals surface area contributed by atoms with Crippen LogP contribution in [0.5, 0.6) is 0 Å². The van der Waals surface area contributed by atoms with Crippen molar-refractivity contribution in [2.45, 2.75) is 32.9 Å². The largest absolute Gasteiger partial charge is 0.336 e. The van der Waals surface area contributed by atoms with Gasteiger partial charge in [0.1, 0.15) is 12.4 Å². The number of halogens is 1. The van der Waals surface area contributed by atoms with Crippen LogP contribution in [0.15, 0.2) is 47.2 Å². The average Bonchev–Trinajstić information content (AvgIpc) is 2.80. The van der Waals surface area contributed by atoms with Crippen molar-refractivity contribution < 1.29 is 9.59 Å². The van der Waals surface area contributed by atoms with Gasteiger partial charge < -0.3 is 21.3 Å². The molecule has 0 saturated carbocycles. The standard InChI is InChI=1S/C23H24BrN7O2/c1-13-18(28-21(33)20(25)14(2)32)4-3-5-19(13)29-22-26-12-27-23(30-22)31-9-8-15-10-17(24)7-6-16(15)11-31/h3-7,10,12,20H,8-9,11,25H2,1-2H3,(H,28,33)(H,26,27,29,30). The number of Topliss-reactive ketones (excluding diaryl/α,β-unsaturated/α-hetero) is 1. The highest BCUT2D eigenvalue weighted by Gasteiger charge is 2.21. The first-order valence-electron chi connectivity index (χ1n) is 10.5. The lowest BCUT2D eigenvalue weighted by atomic mass is 10.0. The van der Waals surface area contributed by atoms with E-state index in [1.54, 1.807) is 12.1 Å². The number of amides is 1. The van der Waals surface area contributed by atoms with Gasteiger partial charge in [-0.05, 0) is 61.2 Å². The quantitative estimate of drug-likeness (QED) is 0.432. The number of nitrogens with two attached hydrogens (primary N) is 1. The number of ketones is 1. The van der Waals surface area contributed by atoms with Crippen LogP contribution in [0.3, 0.4) is 0 Å². The summed E-state index contributed by atoms with van der Waals surface area (Å²) in [6.07, 6.45) is 2.39. The molecule has 0 saturated heterocycles. The summed E-state index contributed by atoms with van der Waals surface area (Å²) in [5, 5.41) is 5.90. The van der Waals surface area contributed by atoms with Gasteiger partial charge in [0.15, 0.2) is 5.78 Å². The predicted octanol–water partition coefficient (Wildman–Crippen LogP) is 3.10. The fourth-order valence-electron chi connectivity index (χ4n) is 3.61. The van der Waals surface area contributed by atoms with E-state index in [-0.39, 0.29) is 0 Å². The van der Waals surface area contributed by atoms with Crippen molar-refractivity contribution in [1.29, 1.82) is 0 Å². The van der Waals surface area contributed by atoms with Crippen LogP contribution in [0, 0.1) is 6.92 Å². The highest BCUT2D eigenvalue weighted by Crippen LogP contribution is 2.27. The Morgan fingerprint density at radius 2 is 1.94 bits per heavy atom.